The molecule has 3 nitrogen and oxygen atoms in total. The van der Waals surface area contributed by atoms with Gasteiger partial charge in [-0.15, -0.1) is 0 Å². The van der Waals surface area contributed by atoms with Crippen LogP contribution in [-0.2, 0) is 6.42 Å². The zero-order chi connectivity index (χ0) is 11.1. The van der Waals surface area contributed by atoms with Crippen molar-refractivity contribution in [2.24, 2.45) is 0 Å². The number of nitrogens with zero attached hydrogens (tertiary/aromatic N) is 1. The van der Waals surface area contributed by atoms with Gasteiger partial charge in [-0.2, -0.15) is 5.26 Å². The zero-order valence-corrected chi connectivity index (χ0v) is 8.79. The highest BCUT2D eigenvalue weighted by atomic mass is 16.1. The minimum atomic E-state index is 0.483. The van der Waals surface area contributed by atoms with Crippen molar-refractivity contribution in [3.63, 3.8) is 0 Å². The molecular weight excluding hydrogens is 188 g/mol. The summed E-state index contributed by atoms with van der Waals surface area (Å²) in [5.74, 6) is 0. The number of nitriles is 1. The predicted octanol–water partition coefficient (Wildman–Crippen LogP) is 2.39. The molecule has 0 fully saturated rings. The number of hydrogen-bond acceptors (Lipinski definition) is 3. The number of carbonyl (C=O) groups excluding carboxylic acids is 1. The third-order valence-electron chi connectivity index (χ3n) is 2.22. The molecule has 0 unspecified atom stereocenters. The van der Waals surface area contributed by atoms with E-state index in [4.69, 9.17) is 5.26 Å². The van der Waals surface area contributed by atoms with E-state index in [0.717, 1.165) is 29.5 Å². The maximum Gasteiger partial charge on any atom is 0.150 e. The molecule has 0 radical (unpaired) electrons. The van der Waals surface area contributed by atoms with Crippen LogP contribution in [0.1, 0.15) is 29.3 Å². The first kappa shape index (κ1) is 11.3. The van der Waals surface area contributed by atoms with E-state index in [9.17, 15) is 4.79 Å². The Labute approximate surface area is 89.7 Å². The van der Waals surface area contributed by atoms with Gasteiger partial charge in [0.05, 0.1) is 12.5 Å². The molecule has 0 aliphatic rings. The highest BCUT2D eigenvalue weighted by molar-refractivity contribution is 5.78. The summed E-state index contributed by atoms with van der Waals surface area (Å²) in [4.78, 5) is 10.7. The minimum absolute atomic E-state index is 0.483. The SMILES string of the molecule is CCc1cc(NCCC#N)ccc1C=O. The van der Waals surface area contributed by atoms with Crippen LogP contribution in [0.15, 0.2) is 18.2 Å². The molecule has 0 bridgehead atoms. The van der Waals surface area contributed by atoms with Crippen LogP contribution in [0, 0.1) is 11.3 Å². The Kier molecular flexibility index (Phi) is 4.36. The summed E-state index contributed by atoms with van der Waals surface area (Å²) in [5.41, 5.74) is 2.74. The number of benzene rings is 1. The molecular formula is C12H14N2O. The quantitative estimate of drug-likeness (QED) is 0.589. The van der Waals surface area contributed by atoms with E-state index in [2.05, 4.69) is 11.4 Å². The minimum Gasteiger partial charge on any atom is -0.384 e. The van der Waals surface area contributed by atoms with Crippen molar-refractivity contribution >= 4 is 12.0 Å². The van der Waals surface area contributed by atoms with Crippen molar-refractivity contribution in [1.82, 2.24) is 0 Å². The number of aryl methyl sites for hydroxylation is 1. The Hall–Kier alpha value is -1.82. The molecule has 1 N–H and O–H groups in total. The van der Waals surface area contributed by atoms with E-state index >= 15 is 0 Å². The lowest BCUT2D eigenvalue weighted by molar-refractivity contribution is 0.112. The molecule has 0 heterocycles. The summed E-state index contributed by atoms with van der Waals surface area (Å²) in [5, 5.41) is 11.5. The number of anilines is 1. The maximum absolute atomic E-state index is 10.7. The van der Waals surface area contributed by atoms with Crippen molar-refractivity contribution in [1.29, 1.82) is 5.26 Å². The van der Waals surface area contributed by atoms with E-state index in [1.165, 1.54) is 0 Å². The molecule has 0 saturated heterocycles. The fraction of sp³-hybridized carbons (Fsp3) is 0.333. The summed E-state index contributed by atoms with van der Waals surface area (Å²) < 4.78 is 0. The molecule has 15 heavy (non-hydrogen) atoms. The highest BCUT2D eigenvalue weighted by Gasteiger charge is 2.00. The summed E-state index contributed by atoms with van der Waals surface area (Å²) in [6.07, 6.45) is 2.19. The van der Waals surface area contributed by atoms with Gasteiger partial charge in [-0.05, 0) is 30.2 Å². The molecule has 0 saturated carbocycles. The number of nitrogens with one attached hydrogen (secondary N) is 1. The maximum atomic E-state index is 10.7. The lowest BCUT2D eigenvalue weighted by atomic mass is 10.1. The van der Waals surface area contributed by atoms with E-state index in [-0.39, 0.29) is 0 Å². The van der Waals surface area contributed by atoms with Gasteiger partial charge in [0.25, 0.3) is 0 Å². The summed E-state index contributed by atoms with van der Waals surface area (Å²) in [6, 6.07) is 7.70. The molecule has 0 atom stereocenters. The van der Waals surface area contributed by atoms with Gasteiger partial charge in [0.1, 0.15) is 6.29 Å². The van der Waals surface area contributed by atoms with Crippen LogP contribution in [0.2, 0.25) is 0 Å². The average Bonchev–Trinajstić information content (AvgIpc) is 2.29. The van der Waals surface area contributed by atoms with Crippen LogP contribution in [0.5, 0.6) is 0 Å². The predicted molar refractivity (Wildman–Crippen MR) is 59.9 cm³/mol. The largest absolute Gasteiger partial charge is 0.384 e. The fourth-order valence-corrected chi connectivity index (χ4v) is 1.40. The third-order valence-corrected chi connectivity index (χ3v) is 2.22. The number of rotatable bonds is 5. The van der Waals surface area contributed by atoms with Crippen LogP contribution in [0.4, 0.5) is 5.69 Å². The second-order valence-electron chi connectivity index (χ2n) is 3.22. The topological polar surface area (TPSA) is 52.9 Å². The number of carbonyl (C=O) groups is 1. The fourth-order valence-electron chi connectivity index (χ4n) is 1.40. The molecule has 0 spiro atoms. The summed E-state index contributed by atoms with van der Waals surface area (Å²) >= 11 is 0. The van der Waals surface area contributed by atoms with E-state index in [1.54, 1.807) is 6.07 Å². The van der Waals surface area contributed by atoms with Gasteiger partial charge in [-0.3, -0.25) is 4.79 Å². The van der Waals surface area contributed by atoms with Crippen molar-refractivity contribution in [3.8, 4) is 6.07 Å². The molecule has 1 aromatic carbocycles. The van der Waals surface area contributed by atoms with Crippen molar-refractivity contribution in [3.05, 3.63) is 29.3 Å². The monoisotopic (exact) mass is 202 g/mol. The Morgan fingerprint density at radius 2 is 2.33 bits per heavy atom. The lowest BCUT2D eigenvalue weighted by Crippen LogP contribution is -2.01. The van der Waals surface area contributed by atoms with Gasteiger partial charge >= 0.3 is 0 Å². The normalized spacial score (nSPS) is 9.33. The molecule has 0 aromatic heterocycles. The van der Waals surface area contributed by atoms with Crippen LogP contribution in [-0.4, -0.2) is 12.8 Å². The van der Waals surface area contributed by atoms with Crippen molar-refractivity contribution < 1.29 is 4.79 Å². The number of hydrogen-bond donors (Lipinski definition) is 1. The van der Waals surface area contributed by atoms with E-state index < -0.39 is 0 Å². The van der Waals surface area contributed by atoms with Gasteiger partial charge < -0.3 is 5.32 Å². The van der Waals surface area contributed by atoms with E-state index in [0.29, 0.717) is 13.0 Å². The van der Waals surface area contributed by atoms with Crippen molar-refractivity contribution in [2.75, 3.05) is 11.9 Å². The summed E-state index contributed by atoms with van der Waals surface area (Å²) in [6.45, 7) is 2.65. The zero-order valence-electron chi connectivity index (χ0n) is 8.79. The molecule has 0 aliphatic heterocycles. The molecule has 78 valence electrons. The second kappa shape index (κ2) is 5.82. The van der Waals surface area contributed by atoms with Crippen LogP contribution in [0.25, 0.3) is 0 Å². The van der Waals surface area contributed by atoms with Gasteiger partial charge in [0, 0.05) is 17.8 Å². The van der Waals surface area contributed by atoms with Gasteiger partial charge in [0.15, 0.2) is 0 Å². The van der Waals surface area contributed by atoms with E-state index in [1.807, 2.05) is 19.1 Å². The molecule has 1 aromatic rings. The first-order chi connectivity index (χ1) is 7.31. The molecule has 0 aliphatic carbocycles. The van der Waals surface area contributed by atoms with Crippen molar-refractivity contribution in [2.45, 2.75) is 19.8 Å². The Bertz CT molecular complexity index is 380. The Morgan fingerprint density at radius 1 is 1.53 bits per heavy atom. The van der Waals surface area contributed by atoms with Gasteiger partial charge in [0.2, 0.25) is 0 Å². The molecule has 1 rings (SSSR count). The average molecular weight is 202 g/mol. The summed E-state index contributed by atoms with van der Waals surface area (Å²) in [7, 11) is 0. The smallest absolute Gasteiger partial charge is 0.150 e. The lowest BCUT2D eigenvalue weighted by Gasteiger charge is -2.07. The first-order valence-electron chi connectivity index (χ1n) is 5.00. The van der Waals surface area contributed by atoms with Gasteiger partial charge in [-0.25, -0.2) is 0 Å². The third kappa shape index (κ3) is 3.10. The Balaban J connectivity index is 2.75. The highest BCUT2D eigenvalue weighted by Crippen LogP contribution is 2.15. The number of aldehydes is 1. The van der Waals surface area contributed by atoms with Crippen LogP contribution < -0.4 is 5.32 Å². The first-order valence-corrected chi connectivity index (χ1v) is 5.00. The van der Waals surface area contributed by atoms with Crippen LogP contribution in [0.3, 0.4) is 0 Å². The molecule has 3 heteroatoms. The van der Waals surface area contributed by atoms with Gasteiger partial charge in [-0.1, -0.05) is 6.92 Å². The molecule has 0 amide bonds. The standard InChI is InChI=1S/C12H14N2O/c1-2-10-8-12(14-7-3-6-13)5-4-11(10)9-15/h4-5,8-9,14H,2-3,7H2,1H3. The van der Waals surface area contributed by atoms with Crippen LogP contribution >= 0.6 is 0 Å². The Morgan fingerprint density at radius 3 is 2.93 bits per heavy atom. The second-order valence-corrected chi connectivity index (χ2v) is 3.22.